The molecule has 0 spiro atoms. The van der Waals surface area contributed by atoms with Crippen molar-refractivity contribution in [3.8, 4) is 5.75 Å². The largest absolute Gasteiger partial charge is 0.484 e. The van der Waals surface area contributed by atoms with Crippen LogP contribution >= 0.6 is 0 Å². The minimum absolute atomic E-state index is 0.0261. The number of amides is 1. The molecular weight excluding hydrogens is 382 g/mol. The van der Waals surface area contributed by atoms with Gasteiger partial charge in [-0.05, 0) is 24.3 Å². The third-order valence-corrected chi connectivity index (χ3v) is 5.20. The Bertz CT molecular complexity index is 966. The third kappa shape index (κ3) is 5.07. The van der Waals surface area contributed by atoms with Crippen molar-refractivity contribution in [1.82, 2.24) is 25.0 Å². The van der Waals surface area contributed by atoms with Gasteiger partial charge in [0, 0.05) is 32.5 Å². The number of aryl methyl sites for hydroxylation is 1. The Balaban J connectivity index is 1.27. The van der Waals surface area contributed by atoms with Crippen LogP contribution in [0.4, 0.5) is 0 Å². The monoisotopic (exact) mass is 409 g/mol. The van der Waals surface area contributed by atoms with Gasteiger partial charge in [0.15, 0.2) is 12.4 Å². The zero-order valence-electron chi connectivity index (χ0n) is 17.2. The van der Waals surface area contributed by atoms with E-state index in [1.807, 2.05) is 36.4 Å². The molecule has 1 aliphatic heterocycles. The second kappa shape index (κ2) is 9.58. The van der Waals surface area contributed by atoms with Crippen molar-refractivity contribution in [1.29, 1.82) is 0 Å². The summed E-state index contributed by atoms with van der Waals surface area (Å²) in [5.74, 6) is 4.23. The highest BCUT2D eigenvalue weighted by molar-refractivity contribution is 5.77. The van der Waals surface area contributed by atoms with E-state index in [-0.39, 0.29) is 12.5 Å². The number of rotatable bonds is 8. The molecule has 2 aromatic heterocycles. The highest BCUT2D eigenvalue weighted by Gasteiger charge is 2.20. The standard InChI is InChI=1S/C22H27N5O3/c1-2-17-8-9-19(30-17)15-26-11-10-20-24-25-21(27(20)13-12-26)14-23-22(28)16-29-18-6-4-3-5-7-18/h3-9H,2,10-16H2,1H3,(H,23,28). The van der Waals surface area contributed by atoms with Crippen molar-refractivity contribution >= 4 is 5.91 Å². The Kier molecular flexibility index (Phi) is 6.44. The summed E-state index contributed by atoms with van der Waals surface area (Å²) in [6.45, 7) is 5.76. The van der Waals surface area contributed by atoms with Gasteiger partial charge in [0.05, 0.1) is 13.1 Å². The maximum Gasteiger partial charge on any atom is 0.258 e. The summed E-state index contributed by atoms with van der Waals surface area (Å²) in [4.78, 5) is 14.5. The van der Waals surface area contributed by atoms with Crippen LogP contribution in [0.25, 0.3) is 0 Å². The van der Waals surface area contributed by atoms with Crippen LogP contribution in [0.3, 0.4) is 0 Å². The lowest BCUT2D eigenvalue weighted by atomic mass is 10.3. The van der Waals surface area contributed by atoms with Crippen molar-refractivity contribution in [3.63, 3.8) is 0 Å². The van der Waals surface area contributed by atoms with Crippen molar-refractivity contribution in [2.45, 2.75) is 39.4 Å². The number of hydrogen-bond donors (Lipinski definition) is 1. The summed E-state index contributed by atoms with van der Waals surface area (Å²) < 4.78 is 13.4. The second-order valence-electron chi connectivity index (χ2n) is 7.31. The number of ether oxygens (including phenoxy) is 1. The third-order valence-electron chi connectivity index (χ3n) is 5.20. The van der Waals surface area contributed by atoms with Crippen LogP contribution in [0.2, 0.25) is 0 Å². The first-order chi connectivity index (χ1) is 14.7. The lowest BCUT2D eigenvalue weighted by molar-refractivity contribution is -0.123. The van der Waals surface area contributed by atoms with Crippen molar-refractivity contribution in [2.24, 2.45) is 0 Å². The minimum atomic E-state index is -0.184. The molecule has 1 N–H and O–H groups in total. The van der Waals surface area contributed by atoms with Crippen LogP contribution in [0.5, 0.6) is 5.75 Å². The highest BCUT2D eigenvalue weighted by atomic mass is 16.5. The molecule has 8 heteroatoms. The lowest BCUT2D eigenvalue weighted by Crippen LogP contribution is -2.30. The van der Waals surface area contributed by atoms with Gasteiger partial charge in [0.1, 0.15) is 23.1 Å². The van der Waals surface area contributed by atoms with Crippen LogP contribution in [-0.2, 0) is 37.3 Å². The fraction of sp³-hybridized carbons (Fsp3) is 0.409. The molecule has 0 unspecified atom stereocenters. The number of nitrogens with zero attached hydrogens (tertiary/aromatic N) is 4. The van der Waals surface area contributed by atoms with E-state index >= 15 is 0 Å². The molecule has 1 aromatic carbocycles. The van der Waals surface area contributed by atoms with Gasteiger partial charge in [0.25, 0.3) is 5.91 Å². The van der Waals surface area contributed by atoms with Gasteiger partial charge in [-0.1, -0.05) is 25.1 Å². The van der Waals surface area contributed by atoms with E-state index in [2.05, 4.69) is 38.0 Å². The number of fused-ring (bicyclic) bond motifs is 1. The number of hydrogen-bond acceptors (Lipinski definition) is 6. The van der Waals surface area contributed by atoms with E-state index in [4.69, 9.17) is 9.15 Å². The Labute approximate surface area is 175 Å². The zero-order valence-corrected chi connectivity index (χ0v) is 17.2. The van der Waals surface area contributed by atoms with E-state index in [0.717, 1.165) is 62.2 Å². The van der Waals surface area contributed by atoms with Crippen molar-refractivity contribution in [3.05, 3.63) is 65.6 Å². The molecule has 3 aromatic rings. The predicted octanol–water partition coefficient (Wildman–Crippen LogP) is 2.19. The molecule has 158 valence electrons. The molecular formula is C22H27N5O3. The number of carbonyl (C=O) groups is 1. The maximum atomic E-state index is 12.1. The first-order valence-electron chi connectivity index (χ1n) is 10.4. The molecule has 30 heavy (non-hydrogen) atoms. The Hall–Kier alpha value is -3.13. The summed E-state index contributed by atoms with van der Waals surface area (Å²) in [6, 6.07) is 13.4. The molecule has 4 rings (SSSR count). The molecule has 3 heterocycles. The summed E-state index contributed by atoms with van der Waals surface area (Å²) in [5, 5.41) is 11.5. The predicted molar refractivity (Wildman–Crippen MR) is 111 cm³/mol. The Morgan fingerprint density at radius 1 is 1.10 bits per heavy atom. The molecule has 1 aliphatic rings. The molecule has 0 atom stereocenters. The van der Waals surface area contributed by atoms with Crippen LogP contribution in [0.1, 0.15) is 30.1 Å². The van der Waals surface area contributed by atoms with E-state index in [1.165, 1.54) is 0 Å². The summed E-state index contributed by atoms with van der Waals surface area (Å²) in [6.07, 6.45) is 1.73. The fourth-order valence-corrected chi connectivity index (χ4v) is 3.53. The molecule has 0 fully saturated rings. The summed E-state index contributed by atoms with van der Waals surface area (Å²) in [7, 11) is 0. The molecule has 0 saturated carbocycles. The SMILES string of the molecule is CCc1ccc(CN2CCc3nnc(CNC(=O)COc4ccccc4)n3CC2)o1. The average Bonchev–Trinajstić information content (AvgIpc) is 3.34. The van der Waals surface area contributed by atoms with Crippen molar-refractivity contribution in [2.75, 3.05) is 19.7 Å². The number of nitrogens with one attached hydrogen (secondary N) is 1. The van der Waals surface area contributed by atoms with E-state index in [1.54, 1.807) is 0 Å². The number of benzene rings is 1. The number of carbonyl (C=O) groups excluding carboxylic acids is 1. The summed E-state index contributed by atoms with van der Waals surface area (Å²) >= 11 is 0. The fourth-order valence-electron chi connectivity index (χ4n) is 3.53. The number of aromatic nitrogens is 3. The average molecular weight is 409 g/mol. The van der Waals surface area contributed by atoms with E-state index in [0.29, 0.717) is 12.3 Å². The van der Waals surface area contributed by atoms with Crippen LogP contribution < -0.4 is 10.1 Å². The first-order valence-corrected chi connectivity index (χ1v) is 10.4. The van der Waals surface area contributed by atoms with Gasteiger partial charge < -0.3 is 19.0 Å². The minimum Gasteiger partial charge on any atom is -0.484 e. The van der Waals surface area contributed by atoms with Gasteiger partial charge >= 0.3 is 0 Å². The Morgan fingerprint density at radius 2 is 1.93 bits per heavy atom. The van der Waals surface area contributed by atoms with Crippen LogP contribution in [-0.4, -0.2) is 45.3 Å². The smallest absolute Gasteiger partial charge is 0.258 e. The topological polar surface area (TPSA) is 85.4 Å². The molecule has 8 nitrogen and oxygen atoms in total. The second-order valence-corrected chi connectivity index (χ2v) is 7.31. The normalized spacial score (nSPS) is 14.2. The number of para-hydroxylation sites is 1. The first kappa shape index (κ1) is 20.2. The van der Waals surface area contributed by atoms with Crippen LogP contribution in [0, 0.1) is 0 Å². The van der Waals surface area contributed by atoms with E-state index in [9.17, 15) is 4.79 Å². The van der Waals surface area contributed by atoms with Gasteiger partial charge in [-0.2, -0.15) is 0 Å². The number of furan rings is 1. The van der Waals surface area contributed by atoms with E-state index < -0.39 is 0 Å². The van der Waals surface area contributed by atoms with Gasteiger partial charge in [-0.25, -0.2) is 0 Å². The molecule has 1 amide bonds. The quantitative estimate of drug-likeness (QED) is 0.614. The lowest BCUT2D eigenvalue weighted by Gasteiger charge is -2.18. The van der Waals surface area contributed by atoms with Gasteiger partial charge in [-0.3, -0.25) is 9.69 Å². The Morgan fingerprint density at radius 3 is 2.73 bits per heavy atom. The summed E-state index contributed by atoms with van der Waals surface area (Å²) in [5.41, 5.74) is 0. The van der Waals surface area contributed by atoms with Gasteiger partial charge in [0.2, 0.25) is 0 Å². The maximum absolute atomic E-state index is 12.1. The zero-order chi connectivity index (χ0) is 20.8. The van der Waals surface area contributed by atoms with Gasteiger partial charge in [-0.15, -0.1) is 10.2 Å². The molecule has 0 aliphatic carbocycles. The molecule has 0 bridgehead atoms. The van der Waals surface area contributed by atoms with Crippen LogP contribution in [0.15, 0.2) is 46.9 Å². The molecule has 0 saturated heterocycles. The highest BCUT2D eigenvalue weighted by Crippen LogP contribution is 2.15. The van der Waals surface area contributed by atoms with Crippen molar-refractivity contribution < 1.29 is 13.9 Å². The molecule has 0 radical (unpaired) electrons.